The highest BCUT2D eigenvalue weighted by Gasteiger charge is 2.10. The van der Waals surface area contributed by atoms with Crippen LogP contribution in [0.25, 0.3) is 0 Å². The molecule has 0 bridgehead atoms. The fourth-order valence-corrected chi connectivity index (χ4v) is 1.58. The van der Waals surface area contributed by atoms with Crippen LogP contribution < -0.4 is 16.2 Å². The molecule has 0 aromatic heterocycles. The van der Waals surface area contributed by atoms with E-state index in [1.807, 2.05) is 0 Å². The zero-order valence-corrected chi connectivity index (χ0v) is 9.78. The lowest BCUT2D eigenvalue weighted by atomic mass is 10.0. The summed E-state index contributed by atoms with van der Waals surface area (Å²) in [5.74, 6) is -0.591. The Labute approximate surface area is 99.7 Å². The molecular weight excluding hydrogens is 223 g/mol. The third-order valence-corrected chi connectivity index (χ3v) is 2.54. The molecule has 0 radical (unpaired) electrons. The summed E-state index contributed by atoms with van der Waals surface area (Å²) in [6.07, 6.45) is 1.49. The summed E-state index contributed by atoms with van der Waals surface area (Å²) in [5.41, 5.74) is 11.6. The molecule has 0 aliphatic heterocycles. The number of rotatable bonds is 6. The fourth-order valence-electron chi connectivity index (χ4n) is 1.58. The summed E-state index contributed by atoms with van der Waals surface area (Å²) >= 11 is 0. The minimum Gasteiger partial charge on any atom is -0.494 e. The average molecular weight is 240 g/mol. The Balaban J connectivity index is 2.59. The van der Waals surface area contributed by atoms with E-state index in [1.165, 1.54) is 13.2 Å². The Morgan fingerprint density at radius 3 is 2.76 bits per heavy atom. The van der Waals surface area contributed by atoms with Crippen molar-refractivity contribution in [2.45, 2.75) is 25.3 Å². The van der Waals surface area contributed by atoms with Crippen LogP contribution >= 0.6 is 0 Å². The van der Waals surface area contributed by atoms with Crippen molar-refractivity contribution in [3.8, 4) is 5.75 Å². The van der Waals surface area contributed by atoms with Gasteiger partial charge < -0.3 is 16.2 Å². The van der Waals surface area contributed by atoms with Crippen molar-refractivity contribution in [3.05, 3.63) is 29.6 Å². The lowest BCUT2D eigenvalue weighted by Crippen LogP contribution is -2.14. The lowest BCUT2D eigenvalue weighted by molar-refractivity contribution is -0.118. The van der Waals surface area contributed by atoms with Crippen molar-refractivity contribution in [1.82, 2.24) is 0 Å². The quantitative estimate of drug-likeness (QED) is 0.790. The molecule has 0 aliphatic carbocycles. The van der Waals surface area contributed by atoms with Crippen LogP contribution in [0.3, 0.4) is 0 Å². The van der Waals surface area contributed by atoms with Gasteiger partial charge >= 0.3 is 0 Å². The van der Waals surface area contributed by atoms with Crippen LogP contribution in [0.15, 0.2) is 18.2 Å². The summed E-state index contributed by atoms with van der Waals surface area (Å²) in [5, 5.41) is 0. The van der Waals surface area contributed by atoms with Gasteiger partial charge in [0.2, 0.25) is 5.91 Å². The third kappa shape index (κ3) is 4.03. The molecule has 94 valence electrons. The first-order valence-electron chi connectivity index (χ1n) is 5.42. The van der Waals surface area contributed by atoms with Crippen LogP contribution in [0, 0.1) is 5.82 Å². The van der Waals surface area contributed by atoms with Crippen LogP contribution in [-0.2, 0) is 4.79 Å². The molecule has 1 unspecified atom stereocenters. The Hall–Kier alpha value is -1.62. The van der Waals surface area contributed by atoms with Crippen molar-refractivity contribution in [2.24, 2.45) is 11.5 Å². The maximum Gasteiger partial charge on any atom is 0.217 e. The summed E-state index contributed by atoms with van der Waals surface area (Å²) < 4.78 is 18.2. The largest absolute Gasteiger partial charge is 0.494 e. The van der Waals surface area contributed by atoms with Gasteiger partial charge in [-0.3, -0.25) is 4.79 Å². The van der Waals surface area contributed by atoms with Crippen LogP contribution in [0.1, 0.15) is 30.9 Å². The van der Waals surface area contributed by atoms with E-state index >= 15 is 0 Å². The minimum atomic E-state index is -0.435. The van der Waals surface area contributed by atoms with Crippen LogP contribution in [0.4, 0.5) is 4.39 Å². The van der Waals surface area contributed by atoms with Crippen LogP contribution in [0.5, 0.6) is 5.75 Å². The second kappa shape index (κ2) is 6.20. The van der Waals surface area contributed by atoms with Gasteiger partial charge in [-0.25, -0.2) is 4.39 Å². The van der Waals surface area contributed by atoms with E-state index in [0.717, 1.165) is 0 Å². The second-order valence-corrected chi connectivity index (χ2v) is 3.86. The highest BCUT2D eigenvalue weighted by molar-refractivity contribution is 5.73. The number of carbonyl (C=O) groups is 1. The predicted octanol–water partition coefficient (Wildman–Crippen LogP) is 1.49. The number of primary amides is 1. The molecule has 1 aromatic rings. The molecule has 0 fully saturated rings. The highest BCUT2D eigenvalue weighted by atomic mass is 19.1. The van der Waals surface area contributed by atoms with E-state index in [9.17, 15) is 9.18 Å². The molecule has 0 heterocycles. The zero-order valence-electron chi connectivity index (χ0n) is 9.78. The predicted molar refractivity (Wildman–Crippen MR) is 62.9 cm³/mol. The van der Waals surface area contributed by atoms with Gasteiger partial charge in [0.05, 0.1) is 7.11 Å². The van der Waals surface area contributed by atoms with Crippen LogP contribution in [-0.4, -0.2) is 13.0 Å². The summed E-state index contributed by atoms with van der Waals surface area (Å²) in [6.45, 7) is 0. The first kappa shape index (κ1) is 13.4. The number of benzene rings is 1. The summed E-state index contributed by atoms with van der Waals surface area (Å²) in [6, 6.07) is 4.32. The van der Waals surface area contributed by atoms with Gasteiger partial charge in [0.15, 0.2) is 11.6 Å². The van der Waals surface area contributed by atoms with Crippen molar-refractivity contribution >= 4 is 5.91 Å². The number of halogens is 1. The minimum absolute atomic E-state index is 0.193. The Morgan fingerprint density at radius 1 is 1.53 bits per heavy atom. The van der Waals surface area contributed by atoms with Crippen molar-refractivity contribution < 1.29 is 13.9 Å². The number of hydrogen-bond acceptors (Lipinski definition) is 3. The van der Waals surface area contributed by atoms with E-state index < -0.39 is 5.82 Å². The van der Waals surface area contributed by atoms with Gasteiger partial charge in [-0.05, 0) is 30.5 Å². The maximum absolute atomic E-state index is 13.4. The molecule has 0 saturated carbocycles. The van der Waals surface area contributed by atoms with E-state index in [-0.39, 0.29) is 17.7 Å². The molecule has 1 atom stereocenters. The zero-order chi connectivity index (χ0) is 12.8. The SMILES string of the molecule is COc1ccc(C(N)CCCC(N)=O)cc1F. The normalized spacial score (nSPS) is 12.2. The molecular formula is C12H17FN2O2. The average Bonchev–Trinajstić information content (AvgIpc) is 2.28. The molecule has 17 heavy (non-hydrogen) atoms. The van der Waals surface area contributed by atoms with Crippen molar-refractivity contribution in [2.75, 3.05) is 7.11 Å². The first-order valence-corrected chi connectivity index (χ1v) is 5.42. The maximum atomic E-state index is 13.4. The summed E-state index contributed by atoms with van der Waals surface area (Å²) in [4.78, 5) is 10.6. The topological polar surface area (TPSA) is 78.3 Å². The second-order valence-electron chi connectivity index (χ2n) is 3.86. The number of nitrogens with two attached hydrogens (primary N) is 2. The molecule has 5 heteroatoms. The highest BCUT2D eigenvalue weighted by Crippen LogP contribution is 2.23. The molecule has 0 spiro atoms. The number of ether oxygens (including phenoxy) is 1. The Bertz CT molecular complexity index is 396. The van der Waals surface area contributed by atoms with E-state index in [1.54, 1.807) is 12.1 Å². The Morgan fingerprint density at radius 2 is 2.24 bits per heavy atom. The number of methoxy groups -OCH3 is 1. The molecule has 1 rings (SSSR count). The molecule has 4 nitrogen and oxygen atoms in total. The van der Waals surface area contributed by atoms with Gasteiger partial charge in [-0.15, -0.1) is 0 Å². The summed E-state index contributed by atoms with van der Waals surface area (Å²) in [7, 11) is 1.41. The Kier molecular flexibility index (Phi) is 4.90. The fraction of sp³-hybridized carbons (Fsp3) is 0.417. The van der Waals surface area contributed by atoms with E-state index in [0.29, 0.717) is 24.8 Å². The van der Waals surface area contributed by atoms with Crippen molar-refractivity contribution in [1.29, 1.82) is 0 Å². The van der Waals surface area contributed by atoms with E-state index in [2.05, 4.69) is 0 Å². The lowest BCUT2D eigenvalue weighted by Gasteiger charge is -2.12. The van der Waals surface area contributed by atoms with E-state index in [4.69, 9.17) is 16.2 Å². The molecule has 4 N–H and O–H groups in total. The van der Waals surface area contributed by atoms with Gasteiger partial charge in [0, 0.05) is 12.5 Å². The molecule has 1 amide bonds. The smallest absolute Gasteiger partial charge is 0.217 e. The molecule has 0 saturated heterocycles. The first-order chi connectivity index (χ1) is 8.04. The molecule has 0 aliphatic rings. The van der Waals surface area contributed by atoms with Crippen molar-refractivity contribution in [3.63, 3.8) is 0 Å². The van der Waals surface area contributed by atoms with Gasteiger partial charge in [-0.2, -0.15) is 0 Å². The van der Waals surface area contributed by atoms with Crippen LogP contribution in [0.2, 0.25) is 0 Å². The monoisotopic (exact) mass is 240 g/mol. The van der Waals surface area contributed by atoms with Gasteiger partial charge in [-0.1, -0.05) is 6.07 Å². The number of amides is 1. The standard InChI is InChI=1S/C12H17FN2O2/c1-17-11-6-5-8(7-9(11)13)10(14)3-2-4-12(15)16/h5-7,10H,2-4,14H2,1H3,(H2,15,16). The number of hydrogen-bond donors (Lipinski definition) is 2. The third-order valence-electron chi connectivity index (χ3n) is 2.54. The van der Waals surface area contributed by atoms with Gasteiger partial charge in [0.25, 0.3) is 0 Å². The van der Waals surface area contributed by atoms with Gasteiger partial charge in [0.1, 0.15) is 0 Å². The molecule has 1 aromatic carbocycles. The number of carbonyl (C=O) groups excluding carboxylic acids is 1.